The summed E-state index contributed by atoms with van der Waals surface area (Å²) in [7, 11) is 0. The van der Waals surface area contributed by atoms with Crippen molar-refractivity contribution in [3.05, 3.63) is 0 Å². The normalized spacial score (nSPS) is 18.9. The smallest absolute Gasteiger partial charge is 0.471 e. The molecule has 1 aliphatic carbocycles. The van der Waals surface area contributed by atoms with E-state index in [2.05, 4.69) is 0 Å². The molecule has 1 atom stereocenters. The van der Waals surface area contributed by atoms with Crippen LogP contribution in [0, 0.1) is 5.92 Å². The highest BCUT2D eigenvalue weighted by molar-refractivity contribution is 5.86. The maximum atomic E-state index is 12.1. The van der Waals surface area contributed by atoms with Crippen LogP contribution >= 0.6 is 0 Å². The van der Waals surface area contributed by atoms with Gasteiger partial charge in [0.2, 0.25) is 0 Å². The SMILES string of the molecule is O=C(O)[C@@H](CCC1CCCCC1)NC(=O)C(F)(F)F. The third-order valence-electron chi connectivity index (χ3n) is 3.45. The van der Waals surface area contributed by atoms with Gasteiger partial charge < -0.3 is 10.4 Å². The summed E-state index contributed by atoms with van der Waals surface area (Å²) in [5.74, 6) is -3.25. The van der Waals surface area contributed by atoms with Crippen molar-refractivity contribution in [2.75, 3.05) is 0 Å². The van der Waals surface area contributed by atoms with Gasteiger partial charge in [0, 0.05) is 0 Å². The van der Waals surface area contributed by atoms with E-state index in [1.807, 2.05) is 0 Å². The van der Waals surface area contributed by atoms with E-state index in [-0.39, 0.29) is 6.42 Å². The highest BCUT2D eigenvalue weighted by Crippen LogP contribution is 2.27. The van der Waals surface area contributed by atoms with E-state index in [1.165, 1.54) is 5.32 Å². The van der Waals surface area contributed by atoms with Gasteiger partial charge in [0.25, 0.3) is 0 Å². The highest BCUT2D eigenvalue weighted by Gasteiger charge is 2.40. The van der Waals surface area contributed by atoms with Crippen molar-refractivity contribution in [3.63, 3.8) is 0 Å². The minimum absolute atomic E-state index is 0.0435. The lowest BCUT2D eigenvalue weighted by Crippen LogP contribution is -2.47. The molecule has 0 radical (unpaired) electrons. The van der Waals surface area contributed by atoms with Crippen LogP contribution in [-0.2, 0) is 9.59 Å². The molecule has 1 aliphatic rings. The van der Waals surface area contributed by atoms with Crippen molar-refractivity contribution >= 4 is 11.9 Å². The van der Waals surface area contributed by atoms with Crippen LogP contribution in [-0.4, -0.2) is 29.2 Å². The quantitative estimate of drug-likeness (QED) is 0.813. The van der Waals surface area contributed by atoms with E-state index < -0.39 is 24.1 Å². The third kappa shape index (κ3) is 5.48. The van der Waals surface area contributed by atoms with Gasteiger partial charge in [-0.1, -0.05) is 32.1 Å². The molecule has 1 rings (SSSR count). The Hall–Kier alpha value is -1.27. The zero-order valence-corrected chi connectivity index (χ0v) is 10.5. The molecular formula is C12H18F3NO3. The Labute approximate surface area is 109 Å². The second kappa shape index (κ2) is 6.77. The number of nitrogens with one attached hydrogen (secondary N) is 1. The molecule has 110 valence electrons. The summed E-state index contributed by atoms with van der Waals surface area (Å²) in [5, 5.41) is 10.4. The van der Waals surface area contributed by atoms with Gasteiger partial charge in [0.05, 0.1) is 0 Å². The summed E-state index contributed by atoms with van der Waals surface area (Å²) >= 11 is 0. The Balaban J connectivity index is 2.44. The molecule has 1 saturated carbocycles. The average Bonchev–Trinajstić information content (AvgIpc) is 2.33. The predicted molar refractivity (Wildman–Crippen MR) is 61.4 cm³/mol. The van der Waals surface area contributed by atoms with Crippen molar-refractivity contribution in [1.82, 2.24) is 5.32 Å². The van der Waals surface area contributed by atoms with E-state index in [4.69, 9.17) is 5.11 Å². The molecule has 0 spiro atoms. The number of hydrogen-bond acceptors (Lipinski definition) is 2. The number of aliphatic carboxylic acids is 1. The van der Waals surface area contributed by atoms with Crippen molar-refractivity contribution < 1.29 is 27.9 Å². The number of carbonyl (C=O) groups excluding carboxylic acids is 1. The maximum absolute atomic E-state index is 12.1. The summed E-state index contributed by atoms with van der Waals surface area (Å²) in [5.41, 5.74) is 0. The fraction of sp³-hybridized carbons (Fsp3) is 0.833. The molecule has 2 N–H and O–H groups in total. The average molecular weight is 281 g/mol. The number of carboxylic acid groups (broad SMARTS) is 1. The second-order valence-electron chi connectivity index (χ2n) is 4.94. The number of carbonyl (C=O) groups is 2. The number of halogens is 3. The topological polar surface area (TPSA) is 66.4 Å². The van der Waals surface area contributed by atoms with Crippen LogP contribution in [0.3, 0.4) is 0 Å². The molecule has 7 heteroatoms. The van der Waals surface area contributed by atoms with Crippen LogP contribution in [0.2, 0.25) is 0 Å². The summed E-state index contributed by atoms with van der Waals surface area (Å²) in [6.07, 6.45) is 0.826. The highest BCUT2D eigenvalue weighted by atomic mass is 19.4. The van der Waals surface area contributed by atoms with Gasteiger partial charge in [-0.25, -0.2) is 4.79 Å². The van der Waals surface area contributed by atoms with Crippen LogP contribution < -0.4 is 5.32 Å². The lowest BCUT2D eigenvalue weighted by molar-refractivity contribution is -0.175. The molecule has 0 aliphatic heterocycles. The standard InChI is InChI=1S/C12H18F3NO3/c13-12(14,15)11(19)16-9(10(17)18)7-6-8-4-2-1-3-5-8/h8-9H,1-7H2,(H,16,19)(H,17,18)/t9-/m1/s1. The van der Waals surface area contributed by atoms with Crippen LogP contribution in [0.4, 0.5) is 13.2 Å². The van der Waals surface area contributed by atoms with Gasteiger partial charge in [-0.3, -0.25) is 4.79 Å². The van der Waals surface area contributed by atoms with Gasteiger partial charge in [-0.05, 0) is 18.8 Å². The molecule has 4 nitrogen and oxygen atoms in total. The Kier molecular flexibility index (Phi) is 5.62. The number of carboxylic acids is 1. The van der Waals surface area contributed by atoms with Gasteiger partial charge in [0.15, 0.2) is 0 Å². The second-order valence-corrected chi connectivity index (χ2v) is 4.94. The monoisotopic (exact) mass is 281 g/mol. The molecule has 1 fully saturated rings. The molecule has 0 heterocycles. The van der Waals surface area contributed by atoms with Gasteiger partial charge in [-0.2, -0.15) is 13.2 Å². The summed E-state index contributed by atoms with van der Waals surface area (Å²) in [4.78, 5) is 21.6. The van der Waals surface area contributed by atoms with E-state index in [0.717, 1.165) is 32.1 Å². The molecule has 1 amide bonds. The number of alkyl halides is 3. The van der Waals surface area contributed by atoms with Gasteiger partial charge >= 0.3 is 18.1 Å². The minimum Gasteiger partial charge on any atom is -0.480 e. The van der Waals surface area contributed by atoms with Crippen molar-refractivity contribution in [1.29, 1.82) is 0 Å². The Morgan fingerprint density at radius 3 is 2.26 bits per heavy atom. The minimum atomic E-state index is -5.04. The summed E-state index contributed by atoms with van der Waals surface area (Å²) in [6, 6.07) is -1.46. The van der Waals surface area contributed by atoms with E-state index in [9.17, 15) is 22.8 Å². The lowest BCUT2D eigenvalue weighted by Gasteiger charge is -2.23. The molecule has 0 unspecified atom stereocenters. The molecule has 0 aromatic rings. The molecule has 0 aromatic heterocycles. The molecule has 0 aromatic carbocycles. The first kappa shape index (κ1) is 15.8. The first-order valence-corrected chi connectivity index (χ1v) is 6.41. The predicted octanol–water partition coefficient (Wildman–Crippen LogP) is 2.48. The molecular weight excluding hydrogens is 263 g/mol. The summed E-state index contributed by atoms with van der Waals surface area (Å²) in [6.45, 7) is 0. The third-order valence-corrected chi connectivity index (χ3v) is 3.45. The van der Waals surface area contributed by atoms with Crippen LogP contribution in [0.1, 0.15) is 44.9 Å². The summed E-state index contributed by atoms with van der Waals surface area (Å²) < 4.78 is 36.2. The van der Waals surface area contributed by atoms with Crippen LogP contribution in [0.5, 0.6) is 0 Å². The fourth-order valence-corrected chi connectivity index (χ4v) is 2.38. The zero-order valence-electron chi connectivity index (χ0n) is 10.5. The molecule has 0 saturated heterocycles. The zero-order chi connectivity index (χ0) is 14.5. The maximum Gasteiger partial charge on any atom is 0.471 e. The van der Waals surface area contributed by atoms with Crippen LogP contribution in [0.25, 0.3) is 0 Å². The van der Waals surface area contributed by atoms with Crippen molar-refractivity contribution in [2.45, 2.75) is 57.2 Å². The molecule has 19 heavy (non-hydrogen) atoms. The lowest BCUT2D eigenvalue weighted by atomic mass is 9.85. The first-order chi connectivity index (χ1) is 8.80. The van der Waals surface area contributed by atoms with Gasteiger partial charge in [0.1, 0.15) is 6.04 Å². The van der Waals surface area contributed by atoms with E-state index in [1.54, 1.807) is 0 Å². The molecule has 0 bridgehead atoms. The largest absolute Gasteiger partial charge is 0.480 e. The number of amides is 1. The Morgan fingerprint density at radius 2 is 1.79 bits per heavy atom. The fourth-order valence-electron chi connectivity index (χ4n) is 2.38. The van der Waals surface area contributed by atoms with E-state index in [0.29, 0.717) is 12.3 Å². The first-order valence-electron chi connectivity index (χ1n) is 6.41. The van der Waals surface area contributed by atoms with Crippen molar-refractivity contribution in [2.24, 2.45) is 5.92 Å². The Bertz CT molecular complexity index is 325. The van der Waals surface area contributed by atoms with Gasteiger partial charge in [-0.15, -0.1) is 0 Å². The number of rotatable bonds is 5. The Morgan fingerprint density at radius 1 is 1.21 bits per heavy atom. The van der Waals surface area contributed by atoms with Crippen molar-refractivity contribution in [3.8, 4) is 0 Å². The number of hydrogen-bond donors (Lipinski definition) is 2. The van der Waals surface area contributed by atoms with Crippen LogP contribution in [0.15, 0.2) is 0 Å². The van der Waals surface area contributed by atoms with E-state index >= 15 is 0 Å².